The Balaban J connectivity index is 1.72. The van der Waals surface area contributed by atoms with Gasteiger partial charge in [-0.2, -0.15) is 0 Å². The van der Waals surface area contributed by atoms with E-state index in [0.29, 0.717) is 0 Å². The van der Waals surface area contributed by atoms with Crippen molar-refractivity contribution in [1.82, 2.24) is 5.32 Å². The monoisotopic (exact) mass is 274 g/mol. The number of benzene rings is 1. The van der Waals surface area contributed by atoms with Crippen LogP contribution in [0.4, 0.5) is 5.69 Å². The van der Waals surface area contributed by atoms with E-state index in [9.17, 15) is 0 Å². The summed E-state index contributed by atoms with van der Waals surface area (Å²) in [6, 6.07) is 7.70. The molecule has 0 aromatic heterocycles. The highest BCUT2D eigenvalue weighted by Gasteiger charge is 2.38. The summed E-state index contributed by atoms with van der Waals surface area (Å²) in [5.41, 5.74) is 4.24. The van der Waals surface area contributed by atoms with Gasteiger partial charge in [0.2, 0.25) is 0 Å². The molecule has 2 unspecified atom stereocenters. The quantitative estimate of drug-likeness (QED) is 0.807. The second kappa shape index (κ2) is 6.15. The zero-order chi connectivity index (χ0) is 13.9. The highest BCUT2D eigenvalue weighted by molar-refractivity contribution is 5.57. The molecule has 3 heteroatoms. The number of hydrogen-bond acceptors (Lipinski definition) is 3. The van der Waals surface area contributed by atoms with Crippen LogP contribution in [0.15, 0.2) is 18.2 Å². The number of nitrogens with zero attached hydrogens (tertiary/aromatic N) is 1. The van der Waals surface area contributed by atoms with E-state index in [-0.39, 0.29) is 0 Å². The Morgan fingerprint density at radius 3 is 2.95 bits per heavy atom. The molecule has 2 bridgehead atoms. The Hall–Kier alpha value is -1.06. The lowest BCUT2D eigenvalue weighted by atomic mass is 10.0. The molecule has 1 heterocycles. The zero-order valence-electron chi connectivity index (χ0n) is 12.7. The van der Waals surface area contributed by atoms with Gasteiger partial charge in [0.05, 0.1) is 6.61 Å². The van der Waals surface area contributed by atoms with Gasteiger partial charge in [0.1, 0.15) is 0 Å². The van der Waals surface area contributed by atoms with E-state index in [0.717, 1.165) is 31.7 Å². The van der Waals surface area contributed by atoms with E-state index in [1.165, 1.54) is 42.6 Å². The number of anilines is 1. The third-order valence-corrected chi connectivity index (χ3v) is 4.75. The van der Waals surface area contributed by atoms with Gasteiger partial charge in [0.15, 0.2) is 0 Å². The molecule has 3 nitrogen and oxygen atoms in total. The Morgan fingerprint density at radius 1 is 1.35 bits per heavy atom. The van der Waals surface area contributed by atoms with E-state index in [4.69, 9.17) is 4.74 Å². The van der Waals surface area contributed by atoms with Crippen LogP contribution in [0.3, 0.4) is 0 Å². The fraction of sp³-hybridized carbons (Fsp3) is 0.647. The van der Waals surface area contributed by atoms with Gasteiger partial charge in [-0.15, -0.1) is 0 Å². The molecule has 3 rings (SSSR count). The molecule has 1 aliphatic carbocycles. The first kappa shape index (κ1) is 13.9. The number of piperidine rings is 1. The number of ether oxygens (including phenoxy) is 1. The lowest BCUT2D eigenvalue weighted by Crippen LogP contribution is -2.33. The molecule has 2 atom stereocenters. The minimum absolute atomic E-state index is 0.773. The van der Waals surface area contributed by atoms with Crippen LogP contribution in [-0.2, 0) is 11.3 Å². The SMILES string of the molecule is COCCNCc1cc(C)ccc1N1CC2CCC1C2. The molecule has 1 N–H and O–H groups in total. The highest BCUT2D eigenvalue weighted by atomic mass is 16.5. The van der Waals surface area contributed by atoms with Crippen LogP contribution in [0.1, 0.15) is 30.4 Å². The number of aryl methyl sites for hydroxylation is 1. The second-order valence-corrected chi connectivity index (χ2v) is 6.29. The van der Waals surface area contributed by atoms with E-state index in [1.807, 2.05) is 0 Å². The van der Waals surface area contributed by atoms with Crippen molar-refractivity contribution in [2.24, 2.45) is 5.92 Å². The van der Waals surface area contributed by atoms with Crippen molar-refractivity contribution in [1.29, 1.82) is 0 Å². The average Bonchev–Trinajstić information content (AvgIpc) is 3.06. The minimum Gasteiger partial charge on any atom is -0.383 e. The largest absolute Gasteiger partial charge is 0.383 e. The van der Waals surface area contributed by atoms with Crippen LogP contribution in [0.25, 0.3) is 0 Å². The van der Waals surface area contributed by atoms with Gasteiger partial charge in [-0.05, 0) is 43.7 Å². The Morgan fingerprint density at radius 2 is 2.25 bits per heavy atom. The van der Waals surface area contributed by atoms with E-state index < -0.39 is 0 Å². The molecule has 1 saturated carbocycles. The van der Waals surface area contributed by atoms with Crippen molar-refractivity contribution < 1.29 is 4.74 Å². The summed E-state index contributed by atoms with van der Waals surface area (Å²) >= 11 is 0. The molecule has 2 fully saturated rings. The molecule has 20 heavy (non-hydrogen) atoms. The fourth-order valence-electron chi connectivity index (χ4n) is 3.75. The lowest BCUT2D eigenvalue weighted by Gasteiger charge is -2.31. The van der Waals surface area contributed by atoms with Crippen LogP contribution < -0.4 is 10.2 Å². The molecule has 1 aromatic rings. The molecule has 110 valence electrons. The van der Waals surface area contributed by atoms with Gasteiger partial charge >= 0.3 is 0 Å². The topological polar surface area (TPSA) is 24.5 Å². The molecular weight excluding hydrogens is 248 g/mol. The van der Waals surface area contributed by atoms with Crippen molar-refractivity contribution >= 4 is 5.69 Å². The average molecular weight is 274 g/mol. The minimum atomic E-state index is 0.773. The number of fused-ring (bicyclic) bond motifs is 2. The number of rotatable bonds is 6. The summed E-state index contributed by atoms with van der Waals surface area (Å²) in [6.45, 7) is 6.07. The van der Waals surface area contributed by atoms with Gasteiger partial charge in [-0.1, -0.05) is 17.7 Å². The molecule has 0 amide bonds. The summed E-state index contributed by atoms with van der Waals surface area (Å²) in [6.07, 6.45) is 4.23. The van der Waals surface area contributed by atoms with Gasteiger partial charge in [-0.3, -0.25) is 0 Å². The fourth-order valence-corrected chi connectivity index (χ4v) is 3.75. The van der Waals surface area contributed by atoms with Crippen LogP contribution in [0, 0.1) is 12.8 Å². The molecule has 1 saturated heterocycles. The predicted molar refractivity (Wildman–Crippen MR) is 83.2 cm³/mol. The third kappa shape index (κ3) is 2.84. The van der Waals surface area contributed by atoms with Crippen molar-refractivity contribution in [2.75, 3.05) is 31.7 Å². The van der Waals surface area contributed by atoms with Gasteiger partial charge in [0, 0.05) is 38.5 Å². The van der Waals surface area contributed by atoms with Crippen LogP contribution in [0.2, 0.25) is 0 Å². The number of methoxy groups -OCH3 is 1. The normalized spacial score (nSPS) is 24.6. The van der Waals surface area contributed by atoms with Crippen LogP contribution in [-0.4, -0.2) is 32.8 Å². The lowest BCUT2D eigenvalue weighted by molar-refractivity contribution is 0.199. The predicted octanol–water partition coefficient (Wildman–Crippen LogP) is 2.72. The van der Waals surface area contributed by atoms with Crippen molar-refractivity contribution in [3.8, 4) is 0 Å². The van der Waals surface area contributed by atoms with Crippen molar-refractivity contribution in [2.45, 2.75) is 38.8 Å². The highest BCUT2D eigenvalue weighted by Crippen LogP contribution is 2.41. The van der Waals surface area contributed by atoms with E-state index in [1.54, 1.807) is 7.11 Å². The maximum absolute atomic E-state index is 5.10. The maximum atomic E-state index is 5.10. The summed E-state index contributed by atoms with van der Waals surface area (Å²) in [7, 11) is 1.75. The Bertz CT molecular complexity index is 460. The standard InChI is InChI=1S/C17H26N2O/c1-13-3-6-17(15(9-13)11-18-7-8-20-2)19-12-14-4-5-16(19)10-14/h3,6,9,14,16,18H,4-5,7-8,10-12H2,1-2H3. The van der Waals surface area contributed by atoms with Gasteiger partial charge in [-0.25, -0.2) is 0 Å². The number of hydrogen-bond donors (Lipinski definition) is 1. The second-order valence-electron chi connectivity index (χ2n) is 6.29. The summed E-state index contributed by atoms with van der Waals surface area (Å²) in [5, 5.41) is 3.49. The first-order valence-corrected chi connectivity index (χ1v) is 7.83. The summed E-state index contributed by atoms with van der Waals surface area (Å²) < 4.78 is 5.10. The number of nitrogens with one attached hydrogen (secondary N) is 1. The third-order valence-electron chi connectivity index (χ3n) is 4.75. The van der Waals surface area contributed by atoms with E-state index in [2.05, 4.69) is 35.3 Å². The van der Waals surface area contributed by atoms with Crippen molar-refractivity contribution in [3.63, 3.8) is 0 Å². The molecular formula is C17H26N2O. The molecule has 0 radical (unpaired) electrons. The van der Waals surface area contributed by atoms with Gasteiger partial charge in [0.25, 0.3) is 0 Å². The molecule has 2 aliphatic rings. The maximum Gasteiger partial charge on any atom is 0.0587 e. The van der Waals surface area contributed by atoms with Crippen LogP contribution >= 0.6 is 0 Å². The first-order chi connectivity index (χ1) is 9.78. The van der Waals surface area contributed by atoms with Crippen molar-refractivity contribution in [3.05, 3.63) is 29.3 Å². The van der Waals surface area contributed by atoms with E-state index >= 15 is 0 Å². The first-order valence-electron chi connectivity index (χ1n) is 7.83. The zero-order valence-corrected chi connectivity index (χ0v) is 12.7. The van der Waals surface area contributed by atoms with Gasteiger partial charge < -0.3 is 15.0 Å². The van der Waals surface area contributed by atoms with Crippen LogP contribution in [0.5, 0.6) is 0 Å². The molecule has 0 spiro atoms. The summed E-state index contributed by atoms with van der Waals surface area (Å²) in [4.78, 5) is 2.65. The Kier molecular flexibility index (Phi) is 4.27. The molecule has 1 aliphatic heterocycles. The molecule has 1 aromatic carbocycles. The smallest absolute Gasteiger partial charge is 0.0587 e. The summed E-state index contributed by atoms with van der Waals surface area (Å²) in [5.74, 6) is 0.940. The Labute approximate surface area is 122 Å².